The van der Waals surface area contributed by atoms with Gasteiger partial charge in [-0.05, 0) is 77.4 Å². The maximum Gasteiger partial charge on any atom is 0.250 e. The van der Waals surface area contributed by atoms with E-state index < -0.39 is 5.54 Å². The van der Waals surface area contributed by atoms with Gasteiger partial charge in [-0.2, -0.15) is 0 Å². The van der Waals surface area contributed by atoms with Crippen molar-refractivity contribution in [2.24, 2.45) is 5.11 Å². The molecule has 0 saturated carbocycles. The zero-order valence-corrected chi connectivity index (χ0v) is 20.2. The van der Waals surface area contributed by atoms with Crippen LogP contribution in [0.2, 0.25) is 0 Å². The molecule has 0 N–H and O–H groups in total. The molecular weight excluding hydrogens is 455 g/mol. The molecule has 2 saturated heterocycles. The molecule has 3 aliphatic rings. The van der Waals surface area contributed by atoms with Gasteiger partial charge in [-0.1, -0.05) is 41.5 Å². The summed E-state index contributed by atoms with van der Waals surface area (Å²) in [4.78, 5) is 23.2. The summed E-state index contributed by atoms with van der Waals surface area (Å²) in [5.74, 6) is -0.154. The normalized spacial score (nSPS) is 20.9. The Kier molecular flexibility index (Phi) is 5.78. The predicted octanol–water partition coefficient (Wildman–Crippen LogP) is 5.42. The Morgan fingerprint density at radius 3 is 2.56 bits per heavy atom. The van der Waals surface area contributed by atoms with Crippen LogP contribution in [-0.4, -0.2) is 54.1 Å². The van der Waals surface area contributed by atoms with Crippen LogP contribution in [0.25, 0.3) is 21.2 Å². The van der Waals surface area contributed by atoms with E-state index >= 15 is 0 Å². The van der Waals surface area contributed by atoms with Gasteiger partial charge >= 0.3 is 0 Å². The molecule has 3 aromatic carbocycles. The standard InChI is InChI=1S/C28H29FN6O/c29-22-8-10-23(11-9-22)35-19-34(15-3-14-31-32-30)27(36)28(35)12-16-33(17-13-28)25-18-21-6-1-4-20-5-2-7-24(25)26(20)21/h1-2,4-11,25H,3,12-19H2/t25-/m0/s1. The number of likely N-dealkylation sites (tertiary alicyclic amines) is 1. The van der Waals surface area contributed by atoms with Gasteiger partial charge in [0.25, 0.3) is 0 Å². The van der Waals surface area contributed by atoms with Crippen molar-refractivity contribution in [1.29, 1.82) is 0 Å². The van der Waals surface area contributed by atoms with Crippen molar-refractivity contribution in [2.75, 3.05) is 37.7 Å². The molecule has 0 bridgehead atoms. The molecule has 6 rings (SSSR count). The van der Waals surface area contributed by atoms with Crippen molar-refractivity contribution in [2.45, 2.75) is 37.3 Å². The summed E-state index contributed by atoms with van der Waals surface area (Å²) < 4.78 is 13.7. The molecule has 36 heavy (non-hydrogen) atoms. The Balaban J connectivity index is 1.25. The number of benzene rings is 3. The molecule has 0 aromatic heterocycles. The van der Waals surface area contributed by atoms with Crippen LogP contribution in [-0.2, 0) is 11.2 Å². The highest BCUT2D eigenvalue weighted by Crippen LogP contribution is 2.45. The van der Waals surface area contributed by atoms with E-state index in [0.717, 1.165) is 38.0 Å². The highest BCUT2D eigenvalue weighted by Gasteiger charge is 2.54. The monoisotopic (exact) mass is 484 g/mol. The zero-order chi connectivity index (χ0) is 24.7. The summed E-state index contributed by atoms with van der Waals surface area (Å²) in [7, 11) is 0. The van der Waals surface area contributed by atoms with Crippen molar-refractivity contribution >= 4 is 22.4 Å². The van der Waals surface area contributed by atoms with Gasteiger partial charge in [-0.25, -0.2) is 4.39 Å². The van der Waals surface area contributed by atoms with Crippen LogP contribution < -0.4 is 4.90 Å². The van der Waals surface area contributed by atoms with Crippen LogP contribution in [0.1, 0.15) is 36.4 Å². The molecule has 0 unspecified atom stereocenters. The van der Waals surface area contributed by atoms with Gasteiger partial charge in [-0.15, -0.1) is 0 Å². The number of amides is 1. The lowest BCUT2D eigenvalue weighted by molar-refractivity contribution is -0.133. The van der Waals surface area contributed by atoms with E-state index in [4.69, 9.17) is 5.53 Å². The Morgan fingerprint density at radius 1 is 1.06 bits per heavy atom. The molecule has 8 heteroatoms. The first-order chi connectivity index (χ1) is 17.6. The SMILES string of the molecule is [N-]=[N+]=NCCCN1CN(c2ccc(F)cc2)C2(CCN([C@H]3Cc4cccc5cccc3c45)CC2)C1=O. The number of piperidine rings is 1. The lowest BCUT2D eigenvalue weighted by atomic mass is 9.84. The molecule has 1 atom stereocenters. The molecule has 184 valence electrons. The van der Waals surface area contributed by atoms with Crippen LogP contribution in [0.3, 0.4) is 0 Å². The van der Waals surface area contributed by atoms with Gasteiger partial charge in [0.2, 0.25) is 5.91 Å². The van der Waals surface area contributed by atoms with Crippen LogP contribution in [0.5, 0.6) is 0 Å². The second-order valence-electron chi connectivity index (χ2n) is 10.1. The highest BCUT2D eigenvalue weighted by atomic mass is 19.1. The topological polar surface area (TPSA) is 75.6 Å². The number of nitrogens with zero attached hydrogens (tertiary/aromatic N) is 6. The summed E-state index contributed by atoms with van der Waals surface area (Å²) in [5.41, 5.74) is 11.6. The van der Waals surface area contributed by atoms with Gasteiger partial charge in [0.1, 0.15) is 11.4 Å². The number of rotatable bonds is 6. The summed E-state index contributed by atoms with van der Waals surface area (Å²) in [6.07, 6.45) is 3.07. The fraction of sp³-hybridized carbons (Fsp3) is 0.393. The Morgan fingerprint density at radius 2 is 1.81 bits per heavy atom. The Labute approximate surface area is 209 Å². The molecule has 7 nitrogen and oxygen atoms in total. The van der Waals surface area contributed by atoms with E-state index in [1.807, 2.05) is 4.90 Å². The number of carbonyl (C=O) groups excluding carboxylic acids is 1. The molecule has 2 aliphatic heterocycles. The molecule has 1 spiro atoms. The Bertz CT molecular complexity index is 1340. The average Bonchev–Trinajstić information content (AvgIpc) is 3.41. The third kappa shape index (κ3) is 3.69. The molecular formula is C28H29FN6O. The number of anilines is 1. The van der Waals surface area contributed by atoms with Crippen LogP contribution in [0.15, 0.2) is 65.8 Å². The second kappa shape index (κ2) is 9.12. The fourth-order valence-corrected chi connectivity index (χ4v) is 6.51. The number of halogens is 1. The van der Waals surface area contributed by atoms with Crippen LogP contribution in [0, 0.1) is 5.82 Å². The van der Waals surface area contributed by atoms with E-state index in [1.54, 1.807) is 12.1 Å². The minimum absolute atomic E-state index is 0.129. The van der Waals surface area contributed by atoms with E-state index in [1.165, 1.54) is 34.0 Å². The molecule has 2 fully saturated rings. The first-order valence-electron chi connectivity index (χ1n) is 12.7. The van der Waals surface area contributed by atoms with Crippen molar-refractivity contribution in [3.63, 3.8) is 0 Å². The summed E-state index contributed by atoms with van der Waals surface area (Å²) in [6.45, 7) is 3.03. The van der Waals surface area contributed by atoms with E-state index in [2.05, 4.69) is 56.2 Å². The van der Waals surface area contributed by atoms with E-state index in [9.17, 15) is 9.18 Å². The maximum atomic E-state index is 13.8. The number of hydrogen-bond donors (Lipinski definition) is 0. The molecule has 1 aliphatic carbocycles. The lowest BCUT2D eigenvalue weighted by Crippen LogP contribution is -2.57. The zero-order valence-electron chi connectivity index (χ0n) is 20.2. The van der Waals surface area contributed by atoms with Crippen LogP contribution in [0.4, 0.5) is 10.1 Å². The van der Waals surface area contributed by atoms with Crippen molar-refractivity contribution < 1.29 is 9.18 Å². The predicted molar refractivity (Wildman–Crippen MR) is 138 cm³/mol. The number of hydrogen-bond acceptors (Lipinski definition) is 4. The lowest BCUT2D eigenvalue weighted by Gasteiger charge is -2.45. The average molecular weight is 485 g/mol. The molecule has 0 radical (unpaired) electrons. The first kappa shape index (κ1) is 22.8. The van der Waals surface area contributed by atoms with Gasteiger partial charge in [-0.3, -0.25) is 9.69 Å². The molecule has 1 amide bonds. The van der Waals surface area contributed by atoms with Gasteiger partial charge in [0.15, 0.2) is 0 Å². The third-order valence-electron chi connectivity index (χ3n) is 8.26. The van der Waals surface area contributed by atoms with Crippen molar-refractivity contribution in [1.82, 2.24) is 9.80 Å². The fourth-order valence-electron chi connectivity index (χ4n) is 6.51. The Hall–Kier alpha value is -3.61. The first-order valence-corrected chi connectivity index (χ1v) is 12.7. The number of azide groups is 1. The summed E-state index contributed by atoms with van der Waals surface area (Å²) in [6, 6.07) is 20.0. The van der Waals surface area contributed by atoms with E-state index in [0.29, 0.717) is 32.2 Å². The summed E-state index contributed by atoms with van der Waals surface area (Å²) >= 11 is 0. The van der Waals surface area contributed by atoms with Crippen LogP contribution >= 0.6 is 0 Å². The molecule has 2 heterocycles. The van der Waals surface area contributed by atoms with Gasteiger partial charge in [0, 0.05) is 42.8 Å². The minimum Gasteiger partial charge on any atom is -0.339 e. The quantitative estimate of drug-likeness (QED) is 0.203. The van der Waals surface area contributed by atoms with Crippen molar-refractivity contribution in [3.05, 3.63) is 88.1 Å². The summed E-state index contributed by atoms with van der Waals surface area (Å²) in [5, 5.41) is 6.30. The molecule has 3 aromatic rings. The van der Waals surface area contributed by atoms with Gasteiger partial charge < -0.3 is 9.80 Å². The largest absolute Gasteiger partial charge is 0.339 e. The maximum absolute atomic E-state index is 13.8. The van der Waals surface area contributed by atoms with Gasteiger partial charge in [0.05, 0.1) is 6.67 Å². The van der Waals surface area contributed by atoms with E-state index in [-0.39, 0.29) is 11.7 Å². The smallest absolute Gasteiger partial charge is 0.250 e. The minimum atomic E-state index is -0.635. The second-order valence-corrected chi connectivity index (χ2v) is 10.1. The third-order valence-corrected chi connectivity index (χ3v) is 8.26. The highest BCUT2D eigenvalue weighted by molar-refractivity contribution is 5.94. The number of carbonyl (C=O) groups is 1. The van der Waals surface area contributed by atoms with Crippen molar-refractivity contribution in [3.8, 4) is 0 Å².